The van der Waals surface area contributed by atoms with Crippen molar-refractivity contribution >= 4 is 11.6 Å². The van der Waals surface area contributed by atoms with Crippen LogP contribution in [0.3, 0.4) is 0 Å². The summed E-state index contributed by atoms with van der Waals surface area (Å²) in [6.45, 7) is 1.38. The molecule has 1 amide bonds. The topological polar surface area (TPSA) is 32.3 Å². The van der Waals surface area contributed by atoms with Crippen LogP contribution in [0.15, 0.2) is 24.3 Å². The van der Waals surface area contributed by atoms with Crippen molar-refractivity contribution in [3.8, 4) is 0 Å². The van der Waals surface area contributed by atoms with Gasteiger partial charge in [0.1, 0.15) is 5.82 Å². The number of likely N-dealkylation sites (tertiary alicyclic amines) is 1. The van der Waals surface area contributed by atoms with Crippen LogP contribution in [-0.4, -0.2) is 29.9 Å². The summed E-state index contributed by atoms with van der Waals surface area (Å²) in [7, 11) is 0. The Kier molecular flexibility index (Phi) is 4.54. The first-order valence-electron chi connectivity index (χ1n) is 8.02. The summed E-state index contributed by atoms with van der Waals surface area (Å²) >= 11 is 0. The van der Waals surface area contributed by atoms with Crippen LogP contribution in [0.4, 0.5) is 10.1 Å². The third-order valence-electron chi connectivity index (χ3n) is 4.85. The number of anilines is 1. The van der Waals surface area contributed by atoms with Gasteiger partial charge in [-0.3, -0.25) is 9.69 Å². The van der Waals surface area contributed by atoms with E-state index in [2.05, 4.69) is 10.2 Å². The Hall–Kier alpha value is -1.42. The van der Waals surface area contributed by atoms with Crippen molar-refractivity contribution < 1.29 is 9.18 Å². The van der Waals surface area contributed by atoms with E-state index in [-0.39, 0.29) is 17.4 Å². The summed E-state index contributed by atoms with van der Waals surface area (Å²) in [5.41, 5.74) is 0.278. The Morgan fingerprint density at radius 2 is 1.95 bits per heavy atom. The van der Waals surface area contributed by atoms with Gasteiger partial charge in [-0.2, -0.15) is 0 Å². The molecule has 0 bridgehead atoms. The summed E-state index contributed by atoms with van der Waals surface area (Å²) in [6, 6.07) is 6.89. The minimum Gasteiger partial charge on any atom is -0.322 e. The lowest BCUT2D eigenvalue weighted by molar-refractivity contribution is -0.119. The monoisotopic (exact) mass is 290 g/mol. The standard InChI is InChI=1S/C17H23FN2O/c18-14-8-2-3-9-15(14)19-17(21)12-20-11-5-7-13-6-1-4-10-16(13)20/h2-3,8-9,13,16H,1,4-7,10-12H2,(H,19,21)/t13-,16+/m1/s1. The smallest absolute Gasteiger partial charge is 0.238 e. The first-order valence-corrected chi connectivity index (χ1v) is 8.02. The van der Waals surface area contributed by atoms with Crippen LogP contribution in [0.5, 0.6) is 0 Å². The summed E-state index contributed by atoms with van der Waals surface area (Å²) < 4.78 is 13.6. The Morgan fingerprint density at radius 1 is 1.19 bits per heavy atom. The average Bonchev–Trinajstić information content (AvgIpc) is 2.50. The number of nitrogens with one attached hydrogen (secondary N) is 1. The van der Waals surface area contributed by atoms with E-state index >= 15 is 0 Å². The molecule has 1 aromatic rings. The van der Waals surface area contributed by atoms with Crippen LogP contribution in [0, 0.1) is 11.7 Å². The first-order chi connectivity index (χ1) is 10.2. The molecule has 3 nitrogen and oxygen atoms in total. The fourth-order valence-electron chi connectivity index (χ4n) is 3.86. The number of rotatable bonds is 3. The number of amides is 1. The molecular formula is C17H23FN2O. The van der Waals surface area contributed by atoms with Crippen LogP contribution in [-0.2, 0) is 4.79 Å². The van der Waals surface area contributed by atoms with Crippen molar-refractivity contribution in [2.24, 2.45) is 5.92 Å². The number of nitrogens with zero attached hydrogens (tertiary/aromatic N) is 1. The lowest BCUT2D eigenvalue weighted by Gasteiger charge is -2.43. The maximum absolute atomic E-state index is 13.6. The van der Waals surface area contributed by atoms with Gasteiger partial charge in [0, 0.05) is 6.04 Å². The van der Waals surface area contributed by atoms with Crippen LogP contribution < -0.4 is 5.32 Å². The fraction of sp³-hybridized carbons (Fsp3) is 0.588. The zero-order chi connectivity index (χ0) is 14.7. The molecule has 1 saturated carbocycles. The number of hydrogen-bond donors (Lipinski definition) is 1. The average molecular weight is 290 g/mol. The zero-order valence-electron chi connectivity index (χ0n) is 12.4. The number of fused-ring (bicyclic) bond motifs is 1. The predicted molar refractivity (Wildman–Crippen MR) is 81.6 cm³/mol. The van der Waals surface area contributed by atoms with E-state index in [4.69, 9.17) is 0 Å². The van der Waals surface area contributed by atoms with Gasteiger partial charge >= 0.3 is 0 Å². The Balaban J connectivity index is 1.60. The lowest BCUT2D eigenvalue weighted by Crippen LogP contribution is -2.49. The zero-order valence-corrected chi connectivity index (χ0v) is 12.4. The van der Waals surface area contributed by atoms with Gasteiger partial charge in [-0.1, -0.05) is 25.0 Å². The van der Waals surface area contributed by atoms with Gasteiger partial charge in [0.05, 0.1) is 12.2 Å². The van der Waals surface area contributed by atoms with Gasteiger partial charge in [0.25, 0.3) is 0 Å². The normalized spacial score (nSPS) is 26.1. The second kappa shape index (κ2) is 6.56. The largest absolute Gasteiger partial charge is 0.322 e. The molecule has 2 aliphatic rings. The molecule has 21 heavy (non-hydrogen) atoms. The number of para-hydroxylation sites is 1. The van der Waals surface area contributed by atoms with Gasteiger partial charge < -0.3 is 5.32 Å². The van der Waals surface area contributed by atoms with E-state index in [1.54, 1.807) is 18.2 Å². The number of carbonyl (C=O) groups is 1. The summed E-state index contributed by atoms with van der Waals surface area (Å²) in [5.74, 6) is 0.278. The molecule has 3 rings (SSSR count). The molecule has 0 spiro atoms. The third kappa shape index (κ3) is 3.43. The van der Waals surface area contributed by atoms with E-state index in [9.17, 15) is 9.18 Å². The molecule has 1 N–H and O–H groups in total. The highest BCUT2D eigenvalue weighted by Crippen LogP contribution is 2.35. The SMILES string of the molecule is O=C(CN1CCC[C@H]2CCCC[C@@H]21)Nc1ccccc1F. The maximum Gasteiger partial charge on any atom is 0.238 e. The molecule has 1 aliphatic carbocycles. The lowest BCUT2D eigenvalue weighted by atomic mass is 9.78. The Bertz CT molecular complexity index is 503. The van der Waals surface area contributed by atoms with Crippen LogP contribution in [0.25, 0.3) is 0 Å². The van der Waals surface area contributed by atoms with Gasteiger partial charge in [0.15, 0.2) is 0 Å². The highest BCUT2D eigenvalue weighted by molar-refractivity contribution is 5.92. The number of benzene rings is 1. The summed E-state index contributed by atoms with van der Waals surface area (Å²) in [6.07, 6.45) is 7.58. The first kappa shape index (κ1) is 14.5. The second-order valence-corrected chi connectivity index (χ2v) is 6.25. The van der Waals surface area contributed by atoms with E-state index < -0.39 is 0 Å². The van der Waals surface area contributed by atoms with Gasteiger partial charge in [-0.25, -0.2) is 4.39 Å². The molecular weight excluding hydrogens is 267 g/mol. The van der Waals surface area contributed by atoms with E-state index in [1.165, 1.54) is 44.6 Å². The minimum atomic E-state index is -0.375. The Morgan fingerprint density at radius 3 is 2.81 bits per heavy atom. The number of hydrogen-bond acceptors (Lipinski definition) is 2. The molecule has 0 radical (unpaired) electrons. The number of piperidine rings is 1. The van der Waals surface area contributed by atoms with Crippen molar-refractivity contribution in [1.29, 1.82) is 0 Å². The fourth-order valence-corrected chi connectivity index (χ4v) is 3.86. The third-order valence-corrected chi connectivity index (χ3v) is 4.85. The molecule has 1 aliphatic heterocycles. The molecule has 114 valence electrons. The molecule has 1 aromatic carbocycles. The molecule has 0 aromatic heterocycles. The second-order valence-electron chi connectivity index (χ2n) is 6.25. The van der Waals surface area contributed by atoms with Crippen molar-refractivity contribution in [3.05, 3.63) is 30.1 Å². The number of carbonyl (C=O) groups excluding carboxylic acids is 1. The van der Waals surface area contributed by atoms with E-state index in [1.807, 2.05) is 0 Å². The van der Waals surface area contributed by atoms with Crippen molar-refractivity contribution in [2.75, 3.05) is 18.4 Å². The molecule has 2 fully saturated rings. The van der Waals surface area contributed by atoms with Crippen molar-refractivity contribution in [1.82, 2.24) is 4.90 Å². The van der Waals surface area contributed by atoms with Crippen LogP contribution in [0.1, 0.15) is 38.5 Å². The summed E-state index contributed by atoms with van der Waals surface area (Å²) in [5, 5.41) is 2.70. The van der Waals surface area contributed by atoms with E-state index in [0.29, 0.717) is 12.6 Å². The Labute approximate surface area is 125 Å². The molecule has 1 heterocycles. The van der Waals surface area contributed by atoms with E-state index in [0.717, 1.165) is 12.5 Å². The van der Waals surface area contributed by atoms with Gasteiger partial charge in [-0.05, 0) is 50.3 Å². The molecule has 2 atom stereocenters. The highest BCUT2D eigenvalue weighted by atomic mass is 19.1. The maximum atomic E-state index is 13.6. The van der Waals surface area contributed by atoms with Crippen molar-refractivity contribution in [2.45, 2.75) is 44.6 Å². The highest BCUT2D eigenvalue weighted by Gasteiger charge is 2.33. The van der Waals surface area contributed by atoms with Crippen molar-refractivity contribution in [3.63, 3.8) is 0 Å². The molecule has 0 unspecified atom stereocenters. The predicted octanol–water partition coefficient (Wildman–Crippen LogP) is 3.42. The molecule has 1 saturated heterocycles. The van der Waals surface area contributed by atoms with Gasteiger partial charge in [0.2, 0.25) is 5.91 Å². The van der Waals surface area contributed by atoms with Crippen LogP contribution >= 0.6 is 0 Å². The minimum absolute atomic E-state index is 0.105. The number of halogens is 1. The summed E-state index contributed by atoms with van der Waals surface area (Å²) in [4.78, 5) is 14.5. The quantitative estimate of drug-likeness (QED) is 0.925. The molecule has 4 heteroatoms. The van der Waals surface area contributed by atoms with Crippen LogP contribution in [0.2, 0.25) is 0 Å². The van der Waals surface area contributed by atoms with Gasteiger partial charge in [-0.15, -0.1) is 0 Å².